The molecule has 2 aromatic rings. The summed E-state index contributed by atoms with van der Waals surface area (Å²) in [6.45, 7) is 3.27. The molecule has 136 valence electrons. The predicted molar refractivity (Wildman–Crippen MR) is 99.5 cm³/mol. The molecule has 2 heterocycles. The number of benzene rings is 2. The Balaban J connectivity index is 1.71. The summed E-state index contributed by atoms with van der Waals surface area (Å²) in [5, 5.41) is 0. The molecule has 0 bridgehead atoms. The third-order valence-corrected chi connectivity index (χ3v) is 5.24. The fraction of sp³-hybridized carbons (Fsp3) is 0.381. The van der Waals surface area contributed by atoms with Gasteiger partial charge in [-0.2, -0.15) is 0 Å². The van der Waals surface area contributed by atoms with Crippen LogP contribution in [0.5, 0.6) is 5.75 Å². The molecule has 5 nitrogen and oxygen atoms in total. The Kier molecular flexibility index (Phi) is 4.80. The number of urea groups is 1. The molecule has 0 radical (unpaired) electrons. The molecular weight excluding hydrogens is 328 g/mol. The molecule has 0 saturated carbocycles. The maximum absolute atomic E-state index is 13.2. The van der Waals surface area contributed by atoms with Gasteiger partial charge >= 0.3 is 6.03 Å². The molecule has 2 aromatic carbocycles. The van der Waals surface area contributed by atoms with Crippen LogP contribution in [-0.2, 0) is 11.2 Å². The Labute approximate surface area is 154 Å². The molecule has 4 rings (SSSR count). The van der Waals surface area contributed by atoms with Crippen molar-refractivity contribution in [3.05, 3.63) is 65.2 Å². The van der Waals surface area contributed by atoms with Gasteiger partial charge in [-0.15, -0.1) is 0 Å². The van der Waals surface area contributed by atoms with Crippen molar-refractivity contribution in [2.24, 2.45) is 0 Å². The molecule has 2 aliphatic rings. The van der Waals surface area contributed by atoms with E-state index in [9.17, 15) is 4.79 Å². The van der Waals surface area contributed by atoms with E-state index in [2.05, 4.69) is 36.4 Å². The van der Waals surface area contributed by atoms with Crippen LogP contribution in [-0.4, -0.2) is 55.8 Å². The van der Waals surface area contributed by atoms with E-state index in [1.54, 1.807) is 7.11 Å². The summed E-state index contributed by atoms with van der Waals surface area (Å²) in [4.78, 5) is 17.2. The molecule has 5 heteroatoms. The first-order valence-electron chi connectivity index (χ1n) is 9.13. The summed E-state index contributed by atoms with van der Waals surface area (Å²) in [6.07, 6.45) is 0.888. The molecule has 1 atom stereocenters. The third-order valence-electron chi connectivity index (χ3n) is 5.24. The average Bonchev–Trinajstić information content (AvgIpc) is 2.73. The van der Waals surface area contributed by atoms with Crippen molar-refractivity contribution in [3.8, 4) is 5.75 Å². The topological polar surface area (TPSA) is 42.0 Å². The second-order valence-electron chi connectivity index (χ2n) is 6.70. The van der Waals surface area contributed by atoms with Crippen molar-refractivity contribution >= 4 is 6.03 Å². The lowest BCUT2D eigenvalue weighted by Crippen LogP contribution is -2.51. The largest absolute Gasteiger partial charge is 0.497 e. The number of ether oxygens (including phenoxy) is 2. The van der Waals surface area contributed by atoms with E-state index in [0.717, 1.165) is 24.3 Å². The minimum absolute atomic E-state index is 0.0683. The lowest BCUT2D eigenvalue weighted by Gasteiger charge is -2.41. The van der Waals surface area contributed by atoms with E-state index in [1.807, 2.05) is 21.9 Å². The smallest absolute Gasteiger partial charge is 0.320 e. The summed E-state index contributed by atoms with van der Waals surface area (Å²) in [5.74, 6) is 0.823. The molecule has 0 aliphatic carbocycles. The van der Waals surface area contributed by atoms with Gasteiger partial charge in [0.15, 0.2) is 0 Å². The highest BCUT2D eigenvalue weighted by molar-refractivity contribution is 5.76. The molecule has 1 fully saturated rings. The summed E-state index contributed by atoms with van der Waals surface area (Å²) in [5.41, 5.74) is 3.64. The highest BCUT2D eigenvalue weighted by atomic mass is 16.5. The number of rotatable bonds is 2. The van der Waals surface area contributed by atoms with E-state index in [-0.39, 0.29) is 12.1 Å². The van der Waals surface area contributed by atoms with Gasteiger partial charge < -0.3 is 19.3 Å². The van der Waals surface area contributed by atoms with Crippen LogP contribution in [0.2, 0.25) is 0 Å². The van der Waals surface area contributed by atoms with Crippen LogP contribution in [0.3, 0.4) is 0 Å². The summed E-state index contributed by atoms with van der Waals surface area (Å²) >= 11 is 0. The lowest BCUT2D eigenvalue weighted by molar-refractivity contribution is 0.0400. The van der Waals surface area contributed by atoms with Crippen molar-refractivity contribution in [1.29, 1.82) is 0 Å². The third kappa shape index (κ3) is 3.15. The summed E-state index contributed by atoms with van der Waals surface area (Å²) in [6, 6.07) is 16.5. The molecule has 1 unspecified atom stereocenters. The van der Waals surface area contributed by atoms with Gasteiger partial charge in [0.25, 0.3) is 0 Å². The molecule has 0 aromatic heterocycles. The zero-order chi connectivity index (χ0) is 17.9. The molecule has 0 N–H and O–H groups in total. The zero-order valence-corrected chi connectivity index (χ0v) is 15.1. The summed E-state index contributed by atoms with van der Waals surface area (Å²) < 4.78 is 10.7. The number of hydrogen-bond donors (Lipinski definition) is 0. The first kappa shape index (κ1) is 16.9. The molecule has 26 heavy (non-hydrogen) atoms. The van der Waals surface area contributed by atoms with Gasteiger partial charge in [-0.3, -0.25) is 0 Å². The van der Waals surface area contributed by atoms with Gasteiger partial charge in [0.1, 0.15) is 5.75 Å². The van der Waals surface area contributed by atoms with E-state index in [4.69, 9.17) is 9.47 Å². The van der Waals surface area contributed by atoms with Gasteiger partial charge in [-0.25, -0.2) is 4.79 Å². The van der Waals surface area contributed by atoms with Crippen LogP contribution in [0, 0.1) is 0 Å². The predicted octanol–water partition coefficient (Wildman–Crippen LogP) is 3.09. The maximum Gasteiger partial charge on any atom is 0.320 e. The second-order valence-corrected chi connectivity index (χ2v) is 6.70. The fourth-order valence-electron chi connectivity index (χ4n) is 3.85. The second kappa shape index (κ2) is 7.38. The van der Waals surface area contributed by atoms with Gasteiger partial charge in [0, 0.05) is 19.6 Å². The molecule has 0 spiro atoms. The number of hydrogen-bond acceptors (Lipinski definition) is 3. The maximum atomic E-state index is 13.2. The number of morpholine rings is 1. The SMILES string of the molecule is COc1ccc(C2c3ccccc3CCN2C(=O)N2CCOCC2)cc1. The van der Waals surface area contributed by atoms with Crippen molar-refractivity contribution < 1.29 is 14.3 Å². The Hall–Kier alpha value is -2.53. The van der Waals surface area contributed by atoms with Crippen LogP contribution in [0.25, 0.3) is 0 Å². The highest BCUT2D eigenvalue weighted by Gasteiger charge is 2.34. The van der Waals surface area contributed by atoms with E-state index < -0.39 is 0 Å². The van der Waals surface area contributed by atoms with Crippen molar-refractivity contribution in [2.75, 3.05) is 40.0 Å². The van der Waals surface area contributed by atoms with Crippen LogP contribution in [0.15, 0.2) is 48.5 Å². The van der Waals surface area contributed by atoms with E-state index in [1.165, 1.54) is 11.1 Å². The monoisotopic (exact) mass is 352 g/mol. The summed E-state index contributed by atoms with van der Waals surface area (Å²) in [7, 11) is 1.67. The van der Waals surface area contributed by atoms with Gasteiger partial charge in [0.2, 0.25) is 0 Å². The molecule has 1 saturated heterocycles. The minimum Gasteiger partial charge on any atom is -0.497 e. The quantitative estimate of drug-likeness (QED) is 0.834. The first-order chi connectivity index (χ1) is 12.8. The van der Waals surface area contributed by atoms with Crippen LogP contribution >= 0.6 is 0 Å². The molecule has 2 aliphatic heterocycles. The zero-order valence-electron chi connectivity index (χ0n) is 15.1. The van der Waals surface area contributed by atoms with E-state index in [0.29, 0.717) is 26.3 Å². The number of carbonyl (C=O) groups excluding carboxylic acids is 1. The Bertz CT molecular complexity index is 769. The van der Waals surface area contributed by atoms with Crippen LogP contribution < -0.4 is 4.74 Å². The Morgan fingerprint density at radius 1 is 1.04 bits per heavy atom. The standard InChI is InChI=1S/C21H24N2O3/c1-25-18-8-6-17(7-9-18)20-19-5-3-2-4-16(19)10-11-23(20)21(24)22-12-14-26-15-13-22/h2-9,20H,10-15H2,1H3. The molecular formula is C21H24N2O3. The van der Waals surface area contributed by atoms with Gasteiger partial charge in [-0.05, 0) is 35.2 Å². The Morgan fingerprint density at radius 3 is 2.50 bits per heavy atom. The van der Waals surface area contributed by atoms with Crippen LogP contribution in [0.4, 0.5) is 4.79 Å². The number of methoxy groups -OCH3 is 1. The fourth-order valence-corrected chi connectivity index (χ4v) is 3.85. The van der Waals surface area contributed by atoms with Gasteiger partial charge in [-0.1, -0.05) is 36.4 Å². The van der Waals surface area contributed by atoms with Crippen molar-refractivity contribution in [3.63, 3.8) is 0 Å². The Morgan fingerprint density at radius 2 is 1.77 bits per heavy atom. The number of amides is 2. The lowest BCUT2D eigenvalue weighted by atomic mass is 9.88. The van der Waals surface area contributed by atoms with Crippen molar-refractivity contribution in [2.45, 2.75) is 12.5 Å². The molecule has 2 amide bonds. The highest BCUT2D eigenvalue weighted by Crippen LogP contribution is 2.36. The van der Waals surface area contributed by atoms with Crippen molar-refractivity contribution in [1.82, 2.24) is 9.80 Å². The van der Waals surface area contributed by atoms with Gasteiger partial charge in [0.05, 0.1) is 26.4 Å². The minimum atomic E-state index is -0.0683. The first-order valence-corrected chi connectivity index (χ1v) is 9.13. The van der Waals surface area contributed by atoms with Crippen LogP contribution in [0.1, 0.15) is 22.7 Å². The van der Waals surface area contributed by atoms with E-state index >= 15 is 0 Å². The number of fused-ring (bicyclic) bond motifs is 1. The number of carbonyl (C=O) groups is 1. The number of nitrogens with zero attached hydrogens (tertiary/aromatic N) is 2. The normalized spacial score (nSPS) is 19.8. The average molecular weight is 352 g/mol.